The zero-order valence-corrected chi connectivity index (χ0v) is 15.3. The van der Waals surface area contributed by atoms with Crippen molar-refractivity contribution >= 4 is 22.6 Å². The number of carbonyl (C=O) groups excluding carboxylic acids is 2. The molecule has 0 saturated heterocycles. The number of hydrogen-bond donors (Lipinski definition) is 1. The highest BCUT2D eigenvalue weighted by Gasteiger charge is 2.23. The van der Waals surface area contributed by atoms with Crippen LogP contribution in [0.4, 0.5) is 0 Å². The smallest absolute Gasteiger partial charge is 0.342 e. The van der Waals surface area contributed by atoms with Crippen molar-refractivity contribution in [3.8, 4) is 5.75 Å². The Balaban J connectivity index is 1.64. The van der Waals surface area contributed by atoms with Crippen molar-refractivity contribution < 1.29 is 19.1 Å². The monoisotopic (exact) mass is 355 g/mol. The van der Waals surface area contributed by atoms with Gasteiger partial charge in [-0.3, -0.25) is 4.79 Å². The minimum absolute atomic E-state index is 0.171. The first-order chi connectivity index (χ1) is 12.6. The fourth-order valence-electron chi connectivity index (χ4n) is 3.54. The molecule has 0 aliphatic heterocycles. The Bertz CT molecular complexity index is 802. The minimum atomic E-state index is -0.556. The van der Waals surface area contributed by atoms with Gasteiger partial charge in [0.25, 0.3) is 5.91 Å². The van der Waals surface area contributed by atoms with Gasteiger partial charge in [0.1, 0.15) is 11.3 Å². The zero-order valence-electron chi connectivity index (χ0n) is 15.3. The Morgan fingerprint density at radius 1 is 1.12 bits per heavy atom. The van der Waals surface area contributed by atoms with E-state index < -0.39 is 5.97 Å². The number of benzene rings is 2. The Morgan fingerprint density at radius 2 is 1.81 bits per heavy atom. The van der Waals surface area contributed by atoms with Crippen LogP contribution in [0.15, 0.2) is 36.4 Å². The summed E-state index contributed by atoms with van der Waals surface area (Å²) in [6.45, 7) is 1.87. The number of methoxy groups -OCH3 is 1. The van der Waals surface area contributed by atoms with E-state index >= 15 is 0 Å². The van der Waals surface area contributed by atoms with Crippen molar-refractivity contribution in [3.63, 3.8) is 0 Å². The van der Waals surface area contributed by atoms with E-state index in [1.165, 1.54) is 13.5 Å². The molecular formula is C21H25NO4. The summed E-state index contributed by atoms with van der Waals surface area (Å²) >= 11 is 0. The Hall–Kier alpha value is -2.56. The van der Waals surface area contributed by atoms with E-state index in [4.69, 9.17) is 9.47 Å². The number of ether oxygens (including phenoxy) is 2. The van der Waals surface area contributed by atoms with Crippen LogP contribution >= 0.6 is 0 Å². The second-order valence-electron chi connectivity index (χ2n) is 6.91. The molecule has 1 fully saturated rings. The molecule has 26 heavy (non-hydrogen) atoms. The lowest BCUT2D eigenvalue weighted by molar-refractivity contribution is -0.125. The molecule has 5 nitrogen and oxygen atoms in total. The van der Waals surface area contributed by atoms with Gasteiger partial charge in [-0.1, -0.05) is 44.0 Å². The molecule has 0 heterocycles. The summed E-state index contributed by atoms with van der Waals surface area (Å²) in [7, 11) is 1.51. The maximum Gasteiger partial charge on any atom is 0.342 e. The van der Waals surface area contributed by atoms with E-state index in [0.29, 0.717) is 17.2 Å². The molecule has 1 aliphatic rings. The fraction of sp³-hybridized carbons (Fsp3) is 0.429. The van der Waals surface area contributed by atoms with Crippen LogP contribution in [0.5, 0.6) is 5.75 Å². The Labute approximate surface area is 153 Å². The first-order valence-corrected chi connectivity index (χ1v) is 9.11. The van der Waals surface area contributed by atoms with Gasteiger partial charge in [0.05, 0.1) is 7.11 Å². The third kappa shape index (κ3) is 4.15. The quantitative estimate of drug-likeness (QED) is 0.831. The molecule has 0 aromatic heterocycles. The molecule has 1 amide bonds. The third-order valence-corrected chi connectivity index (χ3v) is 5.08. The summed E-state index contributed by atoms with van der Waals surface area (Å²) < 4.78 is 10.5. The van der Waals surface area contributed by atoms with Gasteiger partial charge >= 0.3 is 5.97 Å². The predicted molar refractivity (Wildman–Crippen MR) is 100 cm³/mol. The number of fused-ring (bicyclic) bond motifs is 1. The van der Waals surface area contributed by atoms with E-state index in [-0.39, 0.29) is 18.6 Å². The molecule has 1 N–H and O–H groups in total. The number of esters is 1. The van der Waals surface area contributed by atoms with Crippen LogP contribution in [-0.2, 0) is 9.53 Å². The first-order valence-electron chi connectivity index (χ1n) is 9.11. The lowest BCUT2D eigenvalue weighted by atomic mass is 9.86. The molecule has 0 unspecified atom stereocenters. The summed E-state index contributed by atoms with van der Waals surface area (Å²) in [4.78, 5) is 24.6. The van der Waals surface area contributed by atoms with E-state index in [2.05, 4.69) is 12.2 Å². The summed E-state index contributed by atoms with van der Waals surface area (Å²) in [6.07, 6.45) is 4.45. The normalized spacial score (nSPS) is 19.8. The van der Waals surface area contributed by atoms with E-state index in [9.17, 15) is 9.59 Å². The van der Waals surface area contributed by atoms with Crippen LogP contribution < -0.4 is 10.1 Å². The van der Waals surface area contributed by atoms with Gasteiger partial charge in [-0.05, 0) is 41.7 Å². The van der Waals surface area contributed by atoms with Crippen molar-refractivity contribution in [2.45, 2.75) is 38.6 Å². The second kappa shape index (κ2) is 8.21. The number of hydrogen-bond acceptors (Lipinski definition) is 4. The lowest BCUT2D eigenvalue weighted by Gasteiger charge is -2.29. The molecule has 0 bridgehead atoms. The molecule has 0 radical (unpaired) electrons. The van der Waals surface area contributed by atoms with Gasteiger partial charge < -0.3 is 14.8 Å². The van der Waals surface area contributed by atoms with Crippen molar-refractivity contribution in [3.05, 3.63) is 42.0 Å². The van der Waals surface area contributed by atoms with Gasteiger partial charge in [0.2, 0.25) is 0 Å². The highest BCUT2D eigenvalue weighted by molar-refractivity contribution is 5.99. The van der Waals surface area contributed by atoms with E-state index in [1.54, 1.807) is 12.1 Å². The van der Waals surface area contributed by atoms with Crippen LogP contribution in [0.2, 0.25) is 0 Å². The zero-order chi connectivity index (χ0) is 18.5. The number of rotatable bonds is 5. The highest BCUT2D eigenvalue weighted by atomic mass is 16.5. The molecule has 3 rings (SSSR count). The van der Waals surface area contributed by atoms with Crippen molar-refractivity contribution in [2.75, 3.05) is 13.7 Å². The van der Waals surface area contributed by atoms with E-state index in [1.807, 2.05) is 24.3 Å². The highest BCUT2D eigenvalue weighted by Crippen LogP contribution is 2.27. The largest absolute Gasteiger partial charge is 0.496 e. The SMILES string of the molecule is COc1cc2ccccc2cc1C(=O)OCC(=O)N[C@H]1CCCC[C@H]1C. The van der Waals surface area contributed by atoms with Crippen LogP contribution in [0.3, 0.4) is 0 Å². The predicted octanol–water partition coefficient (Wildman–Crippen LogP) is 3.70. The molecule has 2 aromatic carbocycles. The third-order valence-electron chi connectivity index (χ3n) is 5.08. The maximum atomic E-state index is 12.4. The number of carbonyl (C=O) groups is 2. The average molecular weight is 355 g/mol. The second-order valence-corrected chi connectivity index (χ2v) is 6.91. The van der Waals surface area contributed by atoms with Gasteiger partial charge in [-0.15, -0.1) is 0 Å². The number of nitrogens with one attached hydrogen (secondary N) is 1. The summed E-state index contributed by atoms with van der Waals surface area (Å²) in [5.74, 6) is 0.0929. The maximum absolute atomic E-state index is 12.4. The topological polar surface area (TPSA) is 64.6 Å². The summed E-state index contributed by atoms with van der Waals surface area (Å²) in [5.41, 5.74) is 0.324. The van der Waals surface area contributed by atoms with Gasteiger partial charge in [-0.25, -0.2) is 4.79 Å². The molecular weight excluding hydrogens is 330 g/mol. The molecule has 138 valence electrons. The molecule has 2 aromatic rings. The molecule has 1 aliphatic carbocycles. The van der Waals surface area contributed by atoms with Crippen LogP contribution in [0.25, 0.3) is 10.8 Å². The summed E-state index contributed by atoms with van der Waals surface area (Å²) in [6, 6.07) is 11.4. The number of amides is 1. The standard InChI is InChI=1S/C21H25NO4/c1-14-7-3-6-10-18(14)22-20(23)13-26-21(24)17-11-15-8-4-5-9-16(15)12-19(17)25-2/h4-5,8-9,11-12,14,18H,3,6-7,10,13H2,1-2H3,(H,22,23)/t14-,18+/m1/s1. The average Bonchev–Trinajstić information content (AvgIpc) is 2.66. The fourth-order valence-corrected chi connectivity index (χ4v) is 3.54. The molecule has 5 heteroatoms. The molecule has 0 spiro atoms. The van der Waals surface area contributed by atoms with E-state index in [0.717, 1.165) is 30.0 Å². The van der Waals surface area contributed by atoms with Crippen molar-refractivity contribution in [2.24, 2.45) is 5.92 Å². The van der Waals surface area contributed by atoms with Gasteiger partial charge in [-0.2, -0.15) is 0 Å². The van der Waals surface area contributed by atoms with Crippen LogP contribution in [0.1, 0.15) is 43.0 Å². The first kappa shape index (κ1) is 18.2. The molecule has 1 saturated carbocycles. The lowest BCUT2D eigenvalue weighted by Crippen LogP contribution is -2.42. The minimum Gasteiger partial charge on any atom is -0.496 e. The molecule has 2 atom stereocenters. The summed E-state index contributed by atoms with van der Waals surface area (Å²) in [5, 5.41) is 4.88. The van der Waals surface area contributed by atoms with Crippen molar-refractivity contribution in [1.82, 2.24) is 5.32 Å². The van der Waals surface area contributed by atoms with Crippen LogP contribution in [-0.4, -0.2) is 31.6 Å². The van der Waals surface area contributed by atoms with Gasteiger partial charge in [0, 0.05) is 6.04 Å². The van der Waals surface area contributed by atoms with Gasteiger partial charge in [0.15, 0.2) is 6.61 Å². The van der Waals surface area contributed by atoms with Crippen LogP contribution in [0, 0.1) is 5.92 Å². The Kier molecular flexibility index (Phi) is 5.76. The Morgan fingerprint density at radius 3 is 2.50 bits per heavy atom. The van der Waals surface area contributed by atoms with Crippen molar-refractivity contribution in [1.29, 1.82) is 0 Å².